The van der Waals surface area contributed by atoms with Crippen LogP contribution in [0.2, 0.25) is 0 Å². The normalized spacial score (nSPS) is 20.1. The minimum absolute atomic E-state index is 0. The smallest absolute Gasteiger partial charge is 0.270 e. The molecule has 2 aromatic heterocycles. The molecule has 58 heavy (non-hydrogen) atoms. The molecule has 4 aromatic rings. The summed E-state index contributed by atoms with van der Waals surface area (Å²) in [7, 11) is 0. The van der Waals surface area contributed by atoms with Crippen LogP contribution < -0.4 is 21.8 Å². The molecule has 2 aromatic carbocycles. The third-order valence-corrected chi connectivity index (χ3v) is 11.6. The lowest BCUT2D eigenvalue weighted by Crippen LogP contribution is -2.28. The average molecular weight is 805 g/mol. The van der Waals surface area contributed by atoms with E-state index in [1.165, 1.54) is 24.3 Å². The first-order chi connectivity index (χ1) is 26.6. The van der Waals surface area contributed by atoms with E-state index in [0.717, 1.165) is 86.0 Å². The van der Waals surface area contributed by atoms with Gasteiger partial charge in [-0.05, 0) is 86.5 Å². The first kappa shape index (κ1) is 44.1. The van der Waals surface area contributed by atoms with E-state index in [1.54, 1.807) is 24.3 Å². The average Bonchev–Trinajstić information content (AvgIpc) is 4.09. The van der Waals surface area contributed by atoms with Gasteiger partial charge in [0.25, 0.3) is 23.0 Å². The quantitative estimate of drug-likeness (QED) is 0.107. The van der Waals surface area contributed by atoms with Crippen LogP contribution >= 0.6 is 0 Å². The molecule has 4 N–H and O–H groups in total. The van der Waals surface area contributed by atoms with Gasteiger partial charge in [0, 0.05) is 84.3 Å². The van der Waals surface area contributed by atoms with Gasteiger partial charge < -0.3 is 20.6 Å². The summed E-state index contributed by atoms with van der Waals surface area (Å²) >= 11 is 0. The number of nitrogens with one attached hydrogen (secondary N) is 4. The maximum atomic E-state index is 13.6. The highest BCUT2D eigenvalue weighted by Crippen LogP contribution is 2.40. The van der Waals surface area contributed by atoms with Crippen LogP contribution in [-0.4, -0.2) is 33.9 Å². The van der Waals surface area contributed by atoms with Crippen molar-refractivity contribution in [2.45, 2.75) is 141 Å². The number of hydrogen-bond donors (Lipinski definition) is 4. The van der Waals surface area contributed by atoms with E-state index in [2.05, 4.69) is 20.6 Å². The van der Waals surface area contributed by atoms with Gasteiger partial charge in [-0.3, -0.25) is 19.2 Å². The van der Waals surface area contributed by atoms with Crippen molar-refractivity contribution in [2.24, 2.45) is 0 Å². The van der Waals surface area contributed by atoms with E-state index in [0.29, 0.717) is 37.5 Å². The second-order valence-electron chi connectivity index (χ2n) is 16.1. The monoisotopic (exact) mass is 804 g/mol. The van der Waals surface area contributed by atoms with Crippen LogP contribution in [0, 0.1) is 0 Å². The Balaban J connectivity index is 0.000000214. The highest BCUT2D eigenvalue weighted by atomic mass is 19.3. The summed E-state index contributed by atoms with van der Waals surface area (Å²) in [4.78, 5) is 54.2. The third-order valence-electron chi connectivity index (χ3n) is 11.6. The molecular formula is C46H56F4N4O4. The minimum Gasteiger partial charge on any atom is -0.353 e. The minimum atomic E-state index is -2.90. The SMILES string of the molecule is C.C.CC(F)(F)c1ccc([C@@H](C[C@H]2CCC(=O)N2)c2ccc(C3CC3)c(=O)[nH]2)cc1.CC(F)(F)c1ccc([C@@H](C[C@H]2CCC(=O)N2)c2ccc(C3CC3)c(=O)[nH]2)cc1. The number of H-pyrrole nitrogens is 2. The van der Waals surface area contributed by atoms with E-state index in [9.17, 15) is 36.7 Å². The number of carbonyl (C=O) groups excluding carboxylic acids is 2. The molecule has 2 saturated carbocycles. The number of halogens is 4. The maximum absolute atomic E-state index is 13.6. The predicted octanol–water partition coefficient (Wildman–Crippen LogP) is 9.60. The summed E-state index contributed by atoms with van der Waals surface area (Å²) in [5, 5.41) is 5.93. The van der Waals surface area contributed by atoms with Crippen molar-refractivity contribution in [3.8, 4) is 0 Å². The number of hydrogen-bond acceptors (Lipinski definition) is 4. The fourth-order valence-electron chi connectivity index (χ4n) is 8.02. The zero-order valence-electron chi connectivity index (χ0n) is 31.6. The molecule has 0 spiro atoms. The molecule has 4 heterocycles. The van der Waals surface area contributed by atoms with Crippen molar-refractivity contribution in [2.75, 3.05) is 0 Å². The third kappa shape index (κ3) is 10.7. The lowest BCUT2D eigenvalue weighted by atomic mass is 9.87. The fraction of sp³-hybridized carbons (Fsp3) is 0.478. The largest absolute Gasteiger partial charge is 0.353 e. The first-order valence-electron chi connectivity index (χ1n) is 19.6. The molecule has 8 rings (SSSR count). The molecular weight excluding hydrogens is 749 g/mol. The highest BCUT2D eigenvalue weighted by molar-refractivity contribution is 5.78. The Bertz CT molecular complexity index is 2010. The van der Waals surface area contributed by atoms with E-state index in [-0.39, 0.29) is 72.8 Å². The van der Waals surface area contributed by atoms with Gasteiger partial charge in [0.2, 0.25) is 11.8 Å². The first-order valence-corrected chi connectivity index (χ1v) is 19.6. The molecule has 0 bridgehead atoms. The summed E-state index contributed by atoms with van der Waals surface area (Å²) in [6, 6.07) is 20.2. The Morgan fingerprint density at radius 1 is 0.534 bits per heavy atom. The standard InChI is InChI=1S/2C22H24F2N2O2.2CH4/c2*1-22(23,24)15-6-4-14(5-7-15)18(12-16-8-11-20(27)25-16)19-10-9-17(13-2-3-13)21(28)26-19;;/h2*4-7,9-10,13,16,18H,2-3,8,11-12H2,1H3,(H,25,27)(H,26,28);2*1H4/t2*16-,18-;;/m11../s1. The second-order valence-corrected chi connectivity index (χ2v) is 16.1. The van der Waals surface area contributed by atoms with Gasteiger partial charge in [-0.25, -0.2) is 17.6 Å². The summed E-state index contributed by atoms with van der Waals surface area (Å²) in [5.74, 6) is -5.37. The second kappa shape index (κ2) is 17.9. The van der Waals surface area contributed by atoms with E-state index < -0.39 is 11.8 Å². The Morgan fingerprint density at radius 3 is 1.14 bits per heavy atom. The lowest BCUT2D eigenvalue weighted by molar-refractivity contribution is -0.120. The van der Waals surface area contributed by atoms with Crippen molar-refractivity contribution < 1.29 is 27.2 Å². The van der Waals surface area contributed by atoms with Crippen molar-refractivity contribution in [3.63, 3.8) is 0 Å². The van der Waals surface area contributed by atoms with Gasteiger partial charge in [0.1, 0.15) is 0 Å². The molecule has 2 aliphatic heterocycles. The Hall–Kier alpha value is -5.00. The van der Waals surface area contributed by atoms with Crippen LogP contribution in [0.25, 0.3) is 0 Å². The number of rotatable bonds is 12. The zero-order chi connectivity index (χ0) is 39.8. The van der Waals surface area contributed by atoms with E-state index >= 15 is 0 Å². The van der Waals surface area contributed by atoms with Crippen LogP contribution in [0.4, 0.5) is 17.6 Å². The topological polar surface area (TPSA) is 124 Å². The number of amides is 2. The molecule has 2 aliphatic carbocycles. The maximum Gasteiger partial charge on any atom is 0.270 e. The van der Waals surface area contributed by atoms with Gasteiger partial charge in [-0.2, -0.15) is 0 Å². The number of alkyl halides is 4. The number of benzene rings is 2. The van der Waals surface area contributed by atoms with Crippen molar-refractivity contribution >= 4 is 11.8 Å². The fourth-order valence-corrected chi connectivity index (χ4v) is 8.02. The van der Waals surface area contributed by atoms with Crippen LogP contribution in [0.3, 0.4) is 0 Å². The Morgan fingerprint density at radius 2 is 0.879 bits per heavy atom. The predicted molar refractivity (Wildman–Crippen MR) is 219 cm³/mol. The van der Waals surface area contributed by atoms with Crippen LogP contribution in [0.5, 0.6) is 0 Å². The highest BCUT2D eigenvalue weighted by Gasteiger charge is 2.32. The summed E-state index contributed by atoms with van der Waals surface area (Å²) < 4.78 is 54.3. The Labute approximate surface area is 337 Å². The summed E-state index contributed by atoms with van der Waals surface area (Å²) in [5.41, 5.74) is 4.62. The molecule has 4 fully saturated rings. The molecule has 12 heteroatoms. The summed E-state index contributed by atoms with van der Waals surface area (Å²) in [6.45, 7) is 1.75. The molecule has 2 saturated heterocycles. The van der Waals surface area contributed by atoms with Gasteiger partial charge in [0.15, 0.2) is 0 Å². The lowest BCUT2D eigenvalue weighted by Gasteiger charge is -2.22. The van der Waals surface area contributed by atoms with Gasteiger partial charge in [0.05, 0.1) is 0 Å². The molecule has 2 amide bonds. The van der Waals surface area contributed by atoms with E-state index in [4.69, 9.17) is 0 Å². The number of aromatic amines is 2. The van der Waals surface area contributed by atoms with Gasteiger partial charge in [-0.1, -0.05) is 75.5 Å². The number of carbonyl (C=O) groups is 2. The number of aromatic nitrogens is 2. The van der Waals surface area contributed by atoms with Gasteiger partial charge >= 0.3 is 0 Å². The van der Waals surface area contributed by atoms with Crippen molar-refractivity contribution in [1.29, 1.82) is 0 Å². The molecule has 312 valence electrons. The molecule has 4 aliphatic rings. The van der Waals surface area contributed by atoms with Crippen molar-refractivity contribution in [1.82, 2.24) is 20.6 Å². The molecule has 4 atom stereocenters. The van der Waals surface area contributed by atoms with Crippen LogP contribution in [0.15, 0.2) is 82.4 Å². The van der Waals surface area contributed by atoms with Crippen LogP contribution in [-0.2, 0) is 21.4 Å². The number of pyridine rings is 2. The molecule has 0 unspecified atom stereocenters. The summed E-state index contributed by atoms with van der Waals surface area (Å²) in [6.07, 6.45) is 7.90. The van der Waals surface area contributed by atoms with Crippen LogP contribution in [0.1, 0.15) is 161 Å². The van der Waals surface area contributed by atoms with Crippen molar-refractivity contribution in [3.05, 3.63) is 138 Å². The zero-order valence-corrected chi connectivity index (χ0v) is 31.6. The van der Waals surface area contributed by atoms with Gasteiger partial charge in [-0.15, -0.1) is 0 Å². The molecule has 8 nitrogen and oxygen atoms in total. The molecule has 0 radical (unpaired) electrons. The Kier molecular flexibility index (Phi) is 13.6. The van der Waals surface area contributed by atoms with E-state index in [1.807, 2.05) is 24.3 Å².